The minimum absolute atomic E-state index is 0.758. The maximum Gasteiger partial charge on any atom is 0.119 e. The Kier molecular flexibility index (Phi) is 6.61. The molecule has 2 aliphatic rings. The molecule has 1 aromatic rings. The van der Waals surface area contributed by atoms with E-state index in [0.717, 1.165) is 30.0 Å². The molecule has 0 N–H and O–H groups in total. The number of hydrogen-bond acceptors (Lipinski definition) is 3. The van der Waals surface area contributed by atoms with Crippen molar-refractivity contribution in [3.05, 3.63) is 29.3 Å². The lowest BCUT2D eigenvalue weighted by Gasteiger charge is -2.39. The van der Waals surface area contributed by atoms with Crippen molar-refractivity contribution >= 4 is 11.6 Å². The summed E-state index contributed by atoms with van der Waals surface area (Å²) in [7, 11) is 0. The zero-order chi connectivity index (χ0) is 15.9. The van der Waals surface area contributed by atoms with Gasteiger partial charge in [0, 0.05) is 24.2 Å². The fourth-order valence-corrected chi connectivity index (χ4v) is 3.94. The summed E-state index contributed by atoms with van der Waals surface area (Å²) in [4.78, 5) is 5.33. The van der Waals surface area contributed by atoms with E-state index in [9.17, 15) is 0 Å². The number of likely N-dealkylation sites (tertiary alicyclic amines) is 2. The molecule has 3 nitrogen and oxygen atoms in total. The van der Waals surface area contributed by atoms with Crippen LogP contribution in [0.2, 0.25) is 5.02 Å². The molecule has 0 spiro atoms. The Hall–Kier alpha value is -0.770. The zero-order valence-corrected chi connectivity index (χ0v) is 14.8. The van der Waals surface area contributed by atoms with Crippen molar-refractivity contribution in [2.45, 2.75) is 44.6 Å². The van der Waals surface area contributed by atoms with Crippen molar-refractivity contribution < 1.29 is 4.74 Å². The van der Waals surface area contributed by atoms with E-state index in [2.05, 4.69) is 9.80 Å². The highest BCUT2D eigenvalue weighted by molar-refractivity contribution is 6.30. The van der Waals surface area contributed by atoms with Crippen LogP contribution in [-0.2, 0) is 0 Å². The van der Waals surface area contributed by atoms with E-state index >= 15 is 0 Å². The van der Waals surface area contributed by atoms with Crippen LogP contribution in [0.1, 0.15) is 38.5 Å². The molecular formula is C19H29ClN2O. The lowest BCUT2D eigenvalue weighted by atomic mass is 10.0. The van der Waals surface area contributed by atoms with E-state index in [0.29, 0.717) is 0 Å². The van der Waals surface area contributed by atoms with Crippen LogP contribution in [0, 0.1) is 0 Å². The highest BCUT2D eigenvalue weighted by atomic mass is 35.5. The number of hydrogen-bond donors (Lipinski definition) is 0. The van der Waals surface area contributed by atoms with Gasteiger partial charge in [-0.3, -0.25) is 9.80 Å². The molecule has 2 aliphatic heterocycles. The molecule has 0 saturated carbocycles. The van der Waals surface area contributed by atoms with E-state index < -0.39 is 0 Å². The summed E-state index contributed by atoms with van der Waals surface area (Å²) >= 11 is 5.90. The molecule has 2 fully saturated rings. The van der Waals surface area contributed by atoms with Crippen molar-refractivity contribution in [3.63, 3.8) is 0 Å². The predicted molar refractivity (Wildman–Crippen MR) is 96.5 cm³/mol. The number of piperidine rings is 1. The molecule has 0 amide bonds. The van der Waals surface area contributed by atoms with Gasteiger partial charge >= 0.3 is 0 Å². The molecule has 3 rings (SSSR count). The lowest BCUT2D eigenvalue weighted by molar-refractivity contribution is 0.0900. The van der Waals surface area contributed by atoms with Gasteiger partial charge in [-0.25, -0.2) is 0 Å². The van der Waals surface area contributed by atoms with Gasteiger partial charge in [-0.2, -0.15) is 0 Å². The monoisotopic (exact) mass is 336 g/mol. The molecule has 0 aliphatic carbocycles. The molecule has 1 atom stereocenters. The van der Waals surface area contributed by atoms with Gasteiger partial charge in [-0.1, -0.05) is 24.4 Å². The van der Waals surface area contributed by atoms with Crippen LogP contribution < -0.4 is 4.74 Å². The average Bonchev–Trinajstić information content (AvgIpc) is 2.86. The van der Waals surface area contributed by atoms with Crippen LogP contribution in [0.5, 0.6) is 5.75 Å². The molecule has 2 saturated heterocycles. The topological polar surface area (TPSA) is 15.7 Å². The fraction of sp³-hybridized carbons (Fsp3) is 0.684. The molecule has 0 bridgehead atoms. The summed E-state index contributed by atoms with van der Waals surface area (Å²) in [6, 6.07) is 8.41. The van der Waals surface area contributed by atoms with Gasteiger partial charge in [-0.15, -0.1) is 0 Å². The predicted octanol–water partition coefficient (Wildman–Crippen LogP) is 4.06. The average molecular weight is 337 g/mol. The van der Waals surface area contributed by atoms with E-state index in [1.165, 1.54) is 64.7 Å². The summed E-state index contributed by atoms with van der Waals surface area (Å²) in [5, 5.41) is 0.758. The Bertz CT molecular complexity index is 457. The van der Waals surface area contributed by atoms with Crippen molar-refractivity contribution in [2.75, 3.05) is 39.3 Å². The number of halogens is 1. The maximum atomic E-state index is 5.90. The van der Waals surface area contributed by atoms with Crippen LogP contribution in [0.25, 0.3) is 0 Å². The molecule has 1 aromatic carbocycles. The normalized spacial score (nSPS) is 24.3. The Morgan fingerprint density at radius 2 is 1.70 bits per heavy atom. The molecule has 0 aromatic heterocycles. The first-order valence-corrected chi connectivity index (χ1v) is 9.54. The molecule has 23 heavy (non-hydrogen) atoms. The molecule has 0 radical (unpaired) electrons. The van der Waals surface area contributed by atoms with E-state index in [1.807, 2.05) is 24.3 Å². The second-order valence-electron chi connectivity index (χ2n) is 6.85. The summed E-state index contributed by atoms with van der Waals surface area (Å²) in [5.41, 5.74) is 0. The second-order valence-corrected chi connectivity index (χ2v) is 7.29. The smallest absolute Gasteiger partial charge is 0.119 e. The molecule has 1 unspecified atom stereocenters. The van der Waals surface area contributed by atoms with Gasteiger partial charge in [0.05, 0.1) is 0 Å². The highest BCUT2D eigenvalue weighted by Crippen LogP contribution is 2.20. The van der Waals surface area contributed by atoms with E-state index in [1.54, 1.807) is 0 Å². The minimum atomic E-state index is 0.758. The Morgan fingerprint density at radius 1 is 0.957 bits per heavy atom. The standard InChI is InChI=1S/C19H29ClN2O/c20-17-7-9-19(10-8-17)23-15-14-21-11-5-6-18(16-21)22-12-3-1-2-4-13-22/h7-10,18H,1-6,11-16H2. The van der Waals surface area contributed by atoms with Crippen molar-refractivity contribution in [1.29, 1.82) is 0 Å². The molecular weight excluding hydrogens is 308 g/mol. The first kappa shape index (κ1) is 17.1. The SMILES string of the molecule is Clc1ccc(OCCN2CCCC(N3CCCCCC3)C2)cc1. The number of nitrogens with zero attached hydrogens (tertiary/aromatic N) is 2. The third-order valence-corrected chi connectivity index (χ3v) is 5.38. The Morgan fingerprint density at radius 3 is 2.43 bits per heavy atom. The Balaban J connectivity index is 1.42. The van der Waals surface area contributed by atoms with E-state index in [-0.39, 0.29) is 0 Å². The Labute approximate surface area is 145 Å². The molecule has 2 heterocycles. The van der Waals surface area contributed by atoms with Crippen LogP contribution in [-0.4, -0.2) is 55.2 Å². The summed E-state index contributed by atoms with van der Waals surface area (Å²) in [6.45, 7) is 6.82. The zero-order valence-electron chi connectivity index (χ0n) is 14.1. The van der Waals surface area contributed by atoms with Crippen molar-refractivity contribution in [2.24, 2.45) is 0 Å². The van der Waals surface area contributed by atoms with Gasteiger partial charge in [0.2, 0.25) is 0 Å². The van der Waals surface area contributed by atoms with Gasteiger partial charge in [-0.05, 0) is 69.6 Å². The van der Waals surface area contributed by atoms with Crippen LogP contribution in [0.3, 0.4) is 0 Å². The number of benzene rings is 1. The quantitative estimate of drug-likeness (QED) is 0.806. The lowest BCUT2D eigenvalue weighted by Crippen LogP contribution is -2.49. The van der Waals surface area contributed by atoms with Gasteiger partial charge in [0.15, 0.2) is 0 Å². The van der Waals surface area contributed by atoms with Crippen molar-refractivity contribution in [1.82, 2.24) is 9.80 Å². The largest absolute Gasteiger partial charge is 0.492 e. The third-order valence-electron chi connectivity index (χ3n) is 5.13. The maximum absolute atomic E-state index is 5.90. The van der Waals surface area contributed by atoms with E-state index in [4.69, 9.17) is 16.3 Å². The summed E-state index contributed by atoms with van der Waals surface area (Å²) < 4.78 is 5.85. The first-order chi connectivity index (χ1) is 11.3. The van der Waals surface area contributed by atoms with Gasteiger partial charge < -0.3 is 4.74 Å². The highest BCUT2D eigenvalue weighted by Gasteiger charge is 2.25. The molecule has 128 valence electrons. The second kappa shape index (κ2) is 8.91. The van der Waals surface area contributed by atoms with Crippen LogP contribution >= 0.6 is 11.6 Å². The van der Waals surface area contributed by atoms with Gasteiger partial charge in [0.1, 0.15) is 12.4 Å². The third kappa shape index (κ3) is 5.37. The minimum Gasteiger partial charge on any atom is -0.492 e. The van der Waals surface area contributed by atoms with Crippen molar-refractivity contribution in [3.8, 4) is 5.75 Å². The summed E-state index contributed by atoms with van der Waals surface area (Å²) in [5.74, 6) is 0.912. The first-order valence-electron chi connectivity index (χ1n) is 9.16. The van der Waals surface area contributed by atoms with Crippen LogP contribution in [0.4, 0.5) is 0 Å². The number of ether oxygens (including phenoxy) is 1. The van der Waals surface area contributed by atoms with Gasteiger partial charge in [0.25, 0.3) is 0 Å². The van der Waals surface area contributed by atoms with Crippen LogP contribution in [0.15, 0.2) is 24.3 Å². The number of rotatable bonds is 5. The fourth-order valence-electron chi connectivity index (χ4n) is 3.82. The summed E-state index contributed by atoms with van der Waals surface area (Å²) in [6.07, 6.45) is 8.30. The molecule has 4 heteroatoms.